The number of aromatic nitrogens is 2. The molecule has 0 fully saturated rings. The Labute approximate surface area is 118 Å². The number of sulfone groups is 1. The SMILES string of the molecule is C=C/C=C(\C=C)S(=O)(=O)c1no[n+](OC)c1C(C)(C)C. The van der Waals surface area contributed by atoms with Crippen molar-refractivity contribution >= 4 is 9.84 Å². The van der Waals surface area contributed by atoms with E-state index in [1.807, 2.05) is 20.8 Å². The van der Waals surface area contributed by atoms with Gasteiger partial charge in [-0.3, -0.25) is 0 Å². The molecule has 0 aliphatic rings. The van der Waals surface area contributed by atoms with Gasteiger partial charge in [0, 0.05) is 5.41 Å². The third-order valence-corrected chi connectivity index (χ3v) is 4.21. The lowest BCUT2D eigenvalue weighted by atomic mass is 9.93. The van der Waals surface area contributed by atoms with Crippen molar-refractivity contribution < 1.29 is 22.8 Å². The zero-order valence-corrected chi connectivity index (χ0v) is 12.9. The monoisotopic (exact) mass is 299 g/mol. The first-order valence-electron chi connectivity index (χ1n) is 5.87. The van der Waals surface area contributed by atoms with Crippen molar-refractivity contribution in [1.29, 1.82) is 0 Å². The minimum Gasteiger partial charge on any atom is -0.305 e. The van der Waals surface area contributed by atoms with Gasteiger partial charge in [-0.15, -0.1) is 0 Å². The molecule has 0 bridgehead atoms. The molecule has 0 aliphatic heterocycles. The zero-order valence-electron chi connectivity index (χ0n) is 12.1. The fourth-order valence-corrected chi connectivity index (χ4v) is 3.11. The fraction of sp³-hybridized carbons (Fsp3) is 0.385. The van der Waals surface area contributed by atoms with Crippen LogP contribution in [0.15, 0.2) is 45.9 Å². The summed E-state index contributed by atoms with van der Waals surface area (Å²) in [6.45, 7) is 12.5. The van der Waals surface area contributed by atoms with Gasteiger partial charge in [-0.1, -0.05) is 46.1 Å². The van der Waals surface area contributed by atoms with Gasteiger partial charge in [0.2, 0.25) is 0 Å². The summed E-state index contributed by atoms with van der Waals surface area (Å²) >= 11 is 0. The molecule has 0 saturated heterocycles. The number of rotatable bonds is 5. The van der Waals surface area contributed by atoms with Gasteiger partial charge in [-0.2, -0.15) is 0 Å². The average Bonchev–Trinajstić information content (AvgIpc) is 2.79. The van der Waals surface area contributed by atoms with E-state index in [0.717, 1.165) is 4.90 Å². The van der Waals surface area contributed by atoms with Gasteiger partial charge in [0.05, 0.1) is 4.91 Å². The van der Waals surface area contributed by atoms with Crippen molar-refractivity contribution in [2.45, 2.75) is 31.2 Å². The van der Waals surface area contributed by atoms with Crippen LogP contribution in [0.4, 0.5) is 0 Å². The third kappa shape index (κ3) is 2.82. The molecule has 0 atom stereocenters. The van der Waals surface area contributed by atoms with Crippen LogP contribution in [0, 0.1) is 0 Å². The van der Waals surface area contributed by atoms with Crippen LogP contribution >= 0.6 is 0 Å². The maximum Gasteiger partial charge on any atom is 0.369 e. The Morgan fingerprint density at radius 2 is 2.00 bits per heavy atom. The summed E-state index contributed by atoms with van der Waals surface area (Å²) in [5, 5.41) is 3.43. The molecule has 0 aliphatic carbocycles. The second-order valence-corrected chi connectivity index (χ2v) is 6.89. The van der Waals surface area contributed by atoms with E-state index in [-0.39, 0.29) is 9.93 Å². The standard InChI is InChI=1S/C13H19N2O4S/c1-7-9-10(8-2)20(16,17)12-11(13(3,4)5)15(18-6)19-14-12/h7-9H,1-2H2,3-6H3/q+1/b10-9+. The molecule has 0 spiro atoms. The second kappa shape index (κ2) is 5.62. The molecule has 0 radical (unpaired) electrons. The van der Waals surface area contributed by atoms with E-state index in [1.54, 1.807) is 0 Å². The lowest BCUT2D eigenvalue weighted by Gasteiger charge is -2.12. The van der Waals surface area contributed by atoms with Crippen molar-refractivity contribution in [3.63, 3.8) is 0 Å². The predicted molar refractivity (Wildman–Crippen MR) is 73.6 cm³/mol. The summed E-state index contributed by atoms with van der Waals surface area (Å²) in [5.74, 6) is 0. The summed E-state index contributed by atoms with van der Waals surface area (Å²) in [4.78, 5) is 5.96. The van der Waals surface area contributed by atoms with E-state index >= 15 is 0 Å². The minimum absolute atomic E-state index is 0.00504. The Balaban J connectivity index is 3.64. The van der Waals surface area contributed by atoms with Crippen molar-refractivity contribution in [2.75, 3.05) is 7.11 Å². The first-order valence-corrected chi connectivity index (χ1v) is 7.36. The molecular formula is C13H19N2O4S+. The van der Waals surface area contributed by atoms with Gasteiger partial charge in [-0.05, 0) is 10.7 Å². The molecule has 0 N–H and O–H groups in total. The van der Waals surface area contributed by atoms with Crippen LogP contribution in [0.25, 0.3) is 0 Å². The van der Waals surface area contributed by atoms with Crippen LogP contribution in [0.2, 0.25) is 0 Å². The number of hydrogen-bond donors (Lipinski definition) is 0. The number of nitrogens with zero attached hydrogens (tertiary/aromatic N) is 2. The van der Waals surface area contributed by atoms with Crippen LogP contribution in [0.1, 0.15) is 26.5 Å². The Morgan fingerprint density at radius 1 is 1.40 bits per heavy atom. The maximum atomic E-state index is 12.6. The van der Waals surface area contributed by atoms with Crippen molar-refractivity contribution in [1.82, 2.24) is 5.16 Å². The molecule has 1 aromatic heterocycles. The van der Waals surface area contributed by atoms with Crippen molar-refractivity contribution in [2.24, 2.45) is 0 Å². The fourth-order valence-electron chi connectivity index (χ4n) is 1.63. The predicted octanol–water partition coefficient (Wildman–Crippen LogP) is 1.35. The molecule has 110 valence electrons. The first kappa shape index (κ1) is 16.2. The smallest absolute Gasteiger partial charge is 0.305 e. The Kier molecular flexibility index (Phi) is 4.54. The first-order chi connectivity index (χ1) is 9.20. The Hall–Kier alpha value is -1.89. The second-order valence-electron chi connectivity index (χ2n) is 5.03. The summed E-state index contributed by atoms with van der Waals surface area (Å²) < 4.78 is 30.1. The van der Waals surface area contributed by atoms with E-state index < -0.39 is 15.3 Å². The maximum absolute atomic E-state index is 12.6. The van der Waals surface area contributed by atoms with Gasteiger partial charge in [-0.25, -0.2) is 8.42 Å². The van der Waals surface area contributed by atoms with E-state index in [1.165, 1.54) is 25.3 Å². The van der Waals surface area contributed by atoms with Crippen molar-refractivity contribution in [3.05, 3.63) is 42.0 Å². The molecule has 0 amide bonds. The van der Waals surface area contributed by atoms with Gasteiger partial charge < -0.3 is 4.84 Å². The summed E-state index contributed by atoms with van der Waals surface area (Å²) in [5.41, 5.74) is -0.226. The van der Waals surface area contributed by atoms with Crippen LogP contribution in [0.3, 0.4) is 0 Å². The summed E-state index contributed by atoms with van der Waals surface area (Å²) in [7, 11) is -2.48. The van der Waals surface area contributed by atoms with Crippen LogP contribution < -0.4 is 9.74 Å². The van der Waals surface area contributed by atoms with E-state index in [2.05, 4.69) is 18.3 Å². The van der Waals surface area contributed by atoms with E-state index in [4.69, 9.17) is 9.47 Å². The largest absolute Gasteiger partial charge is 0.369 e. The highest BCUT2D eigenvalue weighted by Crippen LogP contribution is 2.28. The van der Waals surface area contributed by atoms with Gasteiger partial charge in [0.1, 0.15) is 12.0 Å². The van der Waals surface area contributed by atoms with Crippen LogP contribution in [-0.4, -0.2) is 20.7 Å². The highest BCUT2D eigenvalue weighted by Gasteiger charge is 2.44. The molecule has 0 saturated carbocycles. The lowest BCUT2D eigenvalue weighted by molar-refractivity contribution is -1.03. The molecule has 0 unspecified atom stereocenters. The molecule has 0 aromatic carbocycles. The van der Waals surface area contributed by atoms with Gasteiger partial charge >= 0.3 is 5.03 Å². The molecule has 1 heterocycles. The summed E-state index contributed by atoms with van der Waals surface area (Å²) in [6.07, 6.45) is 3.95. The molecule has 7 heteroatoms. The minimum atomic E-state index is -3.85. The molecule has 1 rings (SSSR count). The normalized spacial score (nSPS) is 13.1. The van der Waals surface area contributed by atoms with E-state index in [0.29, 0.717) is 5.69 Å². The molecule has 6 nitrogen and oxygen atoms in total. The molecule has 1 aromatic rings. The van der Waals surface area contributed by atoms with Crippen LogP contribution in [0.5, 0.6) is 0 Å². The number of hydrogen-bond acceptors (Lipinski definition) is 5. The number of allylic oxidation sites excluding steroid dienone is 3. The van der Waals surface area contributed by atoms with Crippen LogP contribution in [-0.2, 0) is 15.3 Å². The Morgan fingerprint density at radius 3 is 2.40 bits per heavy atom. The third-order valence-electron chi connectivity index (χ3n) is 2.51. The van der Waals surface area contributed by atoms with E-state index in [9.17, 15) is 8.42 Å². The average molecular weight is 299 g/mol. The highest BCUT2D eigenvalue weighted by atomic mass is 32.2. The van der Waals surface area contributed by atoms with Crippen molar-refractivity contribution in [3.8, 4) is 0 Å². The highest BCUT2D eigenvalue weighted by molar-refractivity contribution is 7.95. The topological polar surface area (TPSA) is 73.3 Å². The zero-order chi connectivity index (χ0) is 15.6. The quantitative estimate of drug-likeness (QED) is 0.767. The lowest BCUT2D eigenvalue weighted by Crippen LogP contribution is -2.46. The molecule has 20 heavy (non-hydrogen) atoms. The summed E-state index contributed by atoms with van der Waals surface area (Å²) in [6, 6.07) is 0. The Bertz CT molecular complexity index is 648. The van der Waals surface area contributed by atoms with Gasteiger partial charge in [0.15, 0.2) is 5.16 Å². The molecular weight excluding hydrogens is 280 g/mol. The van der Waals surface area contributed by atoms with Gasteiger partial charge in [0.25, 0.3) is 15.5 Å².